The second kappa shape index (κ2) is 7.21. The predicted octanol–water partition coefficient (Wildman–Crippen LogP) is 2.11. The van der Waals surface area contributed by atoms with Crippen molar-refractivity contribution in [2.45, 2.75) is 6.54 Å². The summed E-state index contributed by atoms with van der Waals surface area (Å²) in [5, 5.41) is 5.47. The molecule has 22 heavy (non-hydrogen) atoms. The lowest BCUT2D eigenvalue weighted by atomic mass is 10.2. The number of pyridine rings is 1. The standard InChI is InChI=1S/C16H18N4O2/c1-20(2)15(21)13-3-5-14(6-4-13)19-16(22)18-11-12-7-9-17-10-8-12/h3-10H,11H2,1-2H3,(H2,18,19,22). The monoisotopic (exact) mass is 298 g/mol. The van der Waals surface area contributed by atoms with Gasteiger partial charge in [-0.25, -0.2) is 4.79 Å². The molecule has 0 saturated carbocycles. The first-order chi connectivity index (χ1) is 10.6. The first-order valence-electron chi connectivity index (χ1n) is 6.82. The zero-order valence-electron chi connectivity index (χ0n) is 12.5. The molecule has 0 aliphatic heterocycles. The molecular formula is C16H18N4O2. The first-order valence-corrected chi connectivity index (χ1v) is 6.82. The molecule has 0 saturated heterocycles. The molecule has 6 heteroatoms. The van der Waals surface area contributed by atoms with Gasteiger partial charge in [0, 0.05) is 44.3 Å². The van der Waals surface area contributed by atoms with Crippen molar-refractivity contribution < 1.29 is 9.59 Å². The smallest absolute Gasteiger partial charge is 0.319 e. The number of anilines is 1. The topological polar surface area (TPSA) is 74.3 Å². The van der Waals surface area contributed by atoms with Crippen LogP contribution in [0.4, 0.5) is 10.5 Å². The van der Waals surface area contributed by atoms with Crippen LogP contribution in [0.1, 0.15) is 15.9 Å². The summed E-state index contributed by atoms with van der Waals surface area (Å²) in [5.41, 5.74) is 2.17. The normalized spacial score (nSPS) is 9.91. The summed E-state index contributed by atoms with van der Waals surface area (Å²) in [6.45, 7) is 0.422. The minimum absolute atomic E-state index is 0.0753. The van der Waals surface area contributed by atoms with Crippen molar-refractivity contribution in [3.63, 3.8) is 0 Å². The number of carbonyl (C=O) groups is 2. The lowest BCUT2D eigenvalue weighted by Crippen LogP contribution is -2.28. The van der Waals surface area contributed by atoms with E-state index >= 15 is 0 Å². The Labute approximate surface area is 129 Å². The van der Waals surface area contributed by atoms with Gasteiger partial charge in [-0.1, -0.05) is 0 Å². The van der Waals surface area contributed by atoms with Crippen LogP contribution < -0.4 is 10.6 Å². The van der Waals surface area contributed by atoms with Crippen LogP contribution in [0, 0.1) is 0 Å². The summed E-state index contributed by atoms with van der Waals surface area (Å²) in [4.78, 5) is 29.0. The van der Waals surface area contributed by atoms with E-state index in [0.29, 0.717) is 17.8 Å². The molecule has 2 rings (SSSR count). The number of nitrogens with zero attached hydrogens (tertiary/aromatic N) is 2. The van der Waals surface area contributed by atoms with Gasteiger partial charge in [0.1, 0.15) is 0 Å². The minimum Gasteiger partial charge on any atom is -0.345 e. The van der Waals surface area contributed by atoms with Crippen molar-refractivity contribution in [3.8, 4) is 0 Å². The van der Waals surface area contributed by atoms with Gasteiger partial charge in [-0.3, -0.25) is 9.78 Å². The van der Waals surface area contributed by atoms with Gasteiger partial charge in [0.05, 0.1) is 0 Å². The van der Waals surface area contributed by atoms with E-state index in [1.807, 2.05) is 12.1 Å². The second-order valence-corrected chi connectivity index (χ2v) is 4.94. The molecule has 0 unspecified atom stereocenters. The van der Waals surface area contributed by atoms with Crippen LogP contribution in [0.15, 0.2) is 48.8 Å². The summed E-state index contributed by atoms with van der Waals surface area (Å²) in [6.07, 6.45) is 3.35. The summed E-state index contributed by atoms with van der Waals surface area (Å²) >= 11 is 0. The highest BCUT2D eigenvalue weighted by atomic mass is 16.2. The SMILES string of the molecule is CN(C)C(=O)c1ccc(NC(=O)NCc2ccncc2)cc1. The van der Waals surface area contributed by atoms with Crippen molar-refractivity contribution in [2.75, 3.05) is 19.4 Å². The Morgan fingerprint density at radius 1 is 1.05 bits per heavy atom. The fraction of sp³-hybridized carbons (Fsp3) is 0.188. The van der Waals surface area contributed by atoms with Gasteiger partial charge in [-0.2, -0.15) is 0 Å². The zero-order valence-corrected chi connectivity index (χ0v) is 12.5. The number of urea groups is 1. The summed E-state index contributed by atoms with van der Waals surface area (Å²) < 4.78 is 0. The third-order valence-electron chi connectivity index (χ3n) is 3.00. The largest absolute Gasteiger partial charge is 0.345 e. The number of hydrogen-bond donors (Lipinski definition) is 2. The summed E-state index contributed by atoms with van der Waals surface area (Å²) in [7, 11) is 3.39. The Balaban J connectivity index is 1.88. The van der Waals surface area contributed by atoms with E-state index in [9.17, 15) is 9.59 Å². The third-order valence-corrected chi connectivity index (χ3v) is 3.00. The second-order valence-electron chi connectivity index (χ2n) is 4.94. The third kappa shape index (κ3) is 4.31. The van der Waals surface area contributed by atoms with E-state index in [4.69, 9.17) is 0 Å². The average Bonchev–Trinajstić information content (AvgIpc) is 2.54. The lowest BCUT2D eigenvalue weighted by Gasteiger charge is -2.11. The van der Waals surface area contributed by atoms with Crippen molar-refractivity contribution in [3.05, 3.63) is 59.9 Å². The van der Waals surface area contributed by atoms with E-state index in [-0.39, 0.29) is 11.9 Å². The number of benzene rings is 1. The fourth-order valence-corrected chi connectivity index (χ4v) is 1.81. The van der Waals surface area contributed by atoms with E-state index < -0.39 is 0 Å². The van der Waals surface area contributed by atoms with Crippen molar-refractivity contribution >= 4 is 17.6 Å². The highest BCUT2D eigenvalue weighted by molar-refractivity contribution is 5.95. The molecule has 0 bridgehead atoms. The summed E-state index contributed by atoms with van der Waals surface area (Å²) in [5.74, 6) is -0.0753. The molecule has 0 radical (unpaired) electrons. The molecular weight excluding hydrogens is 280 g/mol. The highest BCUT2D eigenvalue weighted by Crippen LogP contribution is 2.10. The molecule has 3 amide bonds. The molecule has 2 aromatic rings. The number of hydrogen-bond acceptors (Lipinski definition) is 3. The van der Waals surface area contributed by atoms with Gasteiger partial charge in [-0.05, 0) is 42.0 Å². The minimum atomic E-state index is -0.302. The zero-order chi connectivity index (χ0) is 15.9. The Morgan fingerprint density at radius 3 is 2.27 bits per heavy atom. The Hall–Kier alpha value is -2.89. The average molecular weight is 298 g/mol. The highest BCUT2D eigenvalue weighted by Gasteiger charge is 2.08. The Morgan fingerprint density at radius 2 is 1.68 bits per heavy atom. The van der Waals surface area contributed by atoms with E-state index in [1.54, 1.807) is 50.8 Å². The van der Waals surface area contributed by atoms with Gasteiger partial charge < -0.3 is 15.5 Å². The molecule has 6 nitrogen and oxygen atoms in total. The predicted molar refractivity (Wildman–Crippen MR) is 84.6 cm³/mol. The molecule has 0 aliphatic rings. The fourth-order valence-electron chi connectivity index (χ4n) is 1.81. The van der Waals surface area contributed by atoms with Crippen LogP contribution in [0.3, 0.4) is 0 Å². The van der Waals surface area contributed by atoms with Crippen LogP contribution in [-0.4, -0.2) is 35.9 Å². The quantitative estimate of drug-likeness (QED) is 0.908. The van der Waals surface area contributed by atoms with E-state index in [0.717, 1.165) is 5.56 Å². The first kappa shape index (κ1) is 15.5. The molecule has 0 atom stereocenters. The number of amides is 3. The molecule has 0 spiro atoms. The molecule has 1 heterocycles. The maximum Gasteiger partial charge on any atom is 0.319 e. The molecule has 1 aromatic carbocycles. The molecule has 0 aliphatic carbocycles. The van der Waals surface area contributed by atoms with Gasteiger partial charge in [-0.15, -0.1) is 0 Å². The maximum atomic E-state index is 11.8. The van der Waals surface area contributed by atoms with Crippen molar-refractivity contribution in [1.82, 2.24) is 15.2 Å². The molecule has 0 fully saturated rings. The Bertz CT molecular complexity index is 639. The van der Waals surface area contributed by atoms with Crippen LogP contribution >= 0.6 is 0 Å². The number of rotatable bonds is 4. The number of nitrogens with one attached hydrogen (secondary N) is 2. The van der Waals surface area contributed by atoms with Crippen LogP contribution in [0.2, 0.25) is 0 Å². The number of carbonyl (C=O) groups excluding carboxylic acids is 2. The summed E-state index contributed by atoms with van der Waals surface area (Å²) in [6, 6.07) is 10.1. The molecule has 114 valence electrons. The molecule has 2 N–H and O–H groups in total. The van der Waals surface area contributed by atoms with Crippen LogP contribution in [0.25, 0.3) is 0 Å². The molecule has 1 aromatic heterocycles. The van der Waals surface area contributed by atoms with Crippen LogP contribution in [-0.2, 0) is 6.54 Å². The van der Waals surface area contributed by atoms with Gasteiger partial charge in [0.25, 0.3) is 5.91 Å². The Kier molecular flexibility index (Phi) is 5.08. The van der Waals surface area contributed by atoms with Gasteiger partial charge in [0.15, 0.2) is 0 Å². The van der Waals surface area contributed by atoms with Gasteiger partial charge in [0.2, 0.25) is 0 Å². The lowest BCUT2D eigenvalue weighted by molar-refractivity contribution is 0.0827. The number of aromatic nitrogens is 1. The van der Waals surface area contributed by atoms with E-state index in [1.165, 1.54) is 4.90 Å². The van der Waals surface area contributed by atoms with Crippen LogP contribution in [0.5, 0.6) is 0 Å². The van der Waals surface area contributed by atoms with E-state index in [2.05, 4.69) is 15.6 Å². The van der Waals surface area contributed by atoms with Crippen molar-refractivity contribution in [1.29, 1.82) is 0 Å². The van der Waals surface area contributed by atoms with Crippen molar-refractivity contribution in [2.24, 2.45) is 0 Å². The van der Waals surface area contributed by atoms with Gasteiger partial charge >= 0.3 is 6.03 Å². The maximum absolute atomic E-state index is 11.8.